The summed E-state index contributed by atoms with van der Waals surface area (Å²) in [5, 5.41) is 10.4. The maximum Gasteiger partial charge on any atom is 0.413 e. The van der Waals surface area contributed by atoms with Crippen LogP contribution >= 0.6 is 0 Å². The molecule has 1 amide bonds. The van der Waals surface area contributed by atoms with Crippen molar-refractivity contribution in [2.24, 2.45) is 0 Å². The van der Waals surface area contributed by atoms with E-state index in [1.807, 2.05) is 42.5 Å². The van der Waals surface area contributed by atoms with Crippen molar-refractivity contribution in [3.05, 3.63) is 71.3 Å². The van der Waals surface area contributed by atoms with Crippen molar-refractivity contribution < 1.29 is 19.1 Å². The molecule has 0 unspecified atom stereocenters. The van der Waals surface area contributed by atoms with Gasteiger partial charge in [-0.2, -0.15) is 0 Å². The number of benzene rings is 2. The number of esters is 1. The van der Waals surface area contributed by atoms with E-state index in [1.54, 1.807) is 19.1 Å². The van der Waals surface area contributed by atoms with E-state index in [4.69, 9.17) is 14.9 Å². The van der Waals surface area contributed by atoms with Crippen LogP contribution in [0.3, 0.4) is 0 Å². The van der Waals surface area contributed by atoms with Crippen molar-refractivity contribution in [3.63, 3.8) is 0 Å². The lowest BCUT2D eigenvalue weighted by Crippen LogP contribution is -2.30. The number of carbonyl (C=O) groups is 2. The normalized spacial score (nSPS) is 10.0. The van der Waals surface area contributed by atoms with Crippen LogP contribution in [0.2, 0.25) is 0 Å². The first-order valence-corrected chi connectivity index (χ1v) is 8.39. The number of rotatable bonds is 7. The predicted molar refractivity (Wildman–Crippen MR) is 98.0 cm³/mol. The highest BCUT2D eigenvalue weighted by atomic mass is 16.5. The van der Waals surface area contributed by atoms with Gasteiger partial charge in [-0.3, -0.25) is 15.5 Å². The van der Waals surface area contributed by atoms with E-state index in [0.29, 0.717) is 25.0 Å². The third-order valence-electron chi connectivity index (χ3n) is 3.61. The molecule has 0 aliphatic carbocycles. The summed E-state index contributed by atoms with van der Waals surface area (Å²) in [5.74, 6) is -0.271. The molecule has 6 nitrogen and oxygen atoms in total. The fourth-order valence-corrected chi connectivity index (χ4v) is 2.25. The Balaban J connectivity index is 1.79. The van der Waals surface area contributed by atoms with Gasteiger partial charge in [0.1, 0.15) is 12.4 Å². The number of hydrogen-bond acceptors (Lipinski definition) is 5. The van der Waals surface area contributed by atoms with E-state index in [2.05, 4.69) is 5.32 Å². The first-order chi connectivity index (χ1) is 12.6. The molecule has 0 aliphatic rings. The van der Waals surface area contributed by atoms with Crippen LogP contribution in [0.25, 0.3) is 0 Å². The third kappa shape index (κ3) is 6.39. The van der Waals surface area contributed by atoms with Gasteiger partial charge in [-0.05, 0) is 24.5 Å². The molecule has 0 aliphatic heterocycles. The Morgan fingerprint density at radius 3 is 2.31 bits per heavy atom. The summed E-state index contributed by atoms with van der Waals surface area (Å²) in [6, 6.07) is 16.4. The Morgan fingerprint density at radius 1 is 0.962 bits per heavy atom. The Hall–Kier alpha value is -3.15. The molecule has 0 saturated carbocycles. The molecular formula is C20H22N2O4. The summed E-state index contributed by atoms with van der Waals surface area (Å²) in [5.41, 5.74) is 2.39. The number of ether oxygens (including phenoxy) is 2. The molecule has 0 atom stereocenters. The van der Waals surface area contributed by atoms with Gasteiger partial charge in [-0.15, -0.1) is 0 Å². The molecule has 0 fully saturated rings. The van der Waals surface area contributed by atoms with Gasteiger partial charge < -0.3 is 9.47 Å². The minimum atomic E-state index is -0.676. The zero-order valence-electron chi connectivity index (χ0n) is 14.7. The van der Waals surface area contributed by atoms with Crippen molar-refractivity contribution in [1.82, 2.24) is 5.32 Å². The summed E-state index contributed by atoms with van der Waals surface area (Å²) in [4.78, 5) is 23.1. The second-order valence-corrected chi connectivity index (χ2v) is 5.56. The van der Waals surface area contributed by atoms with Crippen molar-refractivity contribution in [3.8, 4) is 0 Å². The van der Waals surface area contributed by atoms with Crippen LogP contribution in [0, 0.1) is 5.41 Å². The molecule has 0 radical (unpaired) electrons. The van der Waals surface area contributed by atoms with Gasteiger partial charge in [0, 0.05) is 12.0 Å². The van der Waals surface area contributed by atoms with Crippen LogP contribution in [0.15, 0.2) is 54.6 Å². The summed E-state index contributed by atoms with van der Waals surface area (Å²) in [7, 11) is 0. The molecule has 2 aromatic carbocycles. The van der Waals surface area contributed by atoms with Crippen molar-refractivity contribution in [1.29, 1.82) is 5.41 Å². The molecule has 0 bridgehead atoms. The van der Waals surface area contributed by atoms with E-state index < -0.39 is 6.09 Å². The average molecular weight is 354 g/mol. The SMILES string of the molecule is CCOC(=O)CCc1ccc(C(=N)NC(=O)OCc2ccccc2)cc1. The lowest BCUT2D eigenvalue weighted by atomic mass is 10.1. The molecule has 0 aromatic heterocycles. The zero-order valence-corrected chi connectivity index (χ0v) is 14.7. The Bertz CT molecular complexity index is 742. The van der Waals surface area contributed by atoms with Crippen molar-refractivity contribution >= 4 is 17.9 Å². The minimum Gasteiger partial charge on any atom is -0.466 e. The Morgan fingerprint density at radius 2 is 1.65 bits per heavy atom. The number of carbonyl (C=O) groups excluding carboxylic acids is 2. The molecule has 0 saturated heterocycles. The van der Waals surface area contributed by atoms with E-state index in [0.717, 1.165) is 11.1 Å². The second-order valence-electron chi connectivity index (χ2n) is 5.56. The number of amides is 1. The lowest BCUT2D eigenvalue weighted by molar-refractivity contribution is -0.143. The monoisotopic (exact) mass is 354 g/mol. The van der Waals surface area contributed by atoms with Gasteiger partial charge >= 0.3 is 12.1 Å². The predicted octanol–water partition coefficient (Wildman–Crippen LogP) is 3.43. The molecule has 2 rings (SSSR count). The summed E-state index contributed by atoms with van der Waals surface area (Å²) in [6.45, 7) is 2.30. The first kappa shape index (κ1) is 19.2. The van der Waals surface area contributed by atoms with Crippen molar-refractivity contribution in [2.45, 2.75) is 26.4 Å². The standard InChI is InChI=1S/C20H22N2O4/c1-2-25-18(23)13-10-15-8-11-17(12-9-15)19(21)22-20(24)26-14-16-6-4-3-5-7-16/h3-9,11-12H,2,10,13-14H2,1H3,(H2,21,22,24). The Kier molecular flexibility index (Phi) is 7.36. The van der Waals surface area contributed by atoms with E-state index in [9.17, 15) is 9.59 Å². The van der Waals surface area contributed by atoms with Crippen LogP contribution in [-0.2, 0) is 27.3 Å². The van der Waals surface area contributed by atoms with Crippen LogP contribution in [0.5, 0.6) is 0 Å². The molecule has 6 heteroatoms. The summed E-state index contributed by atoms with van der Waals surface area (Å²) < 4.78 is 9.98. The number of aryl methyl sites for hydroxylation is 1. The van der Waals surface area contributed by atoms with Gasteiger partial charge in [0.15, 0.2) is 0 Å². The molecular weight excluding hydrogens is 332 g/mol. The largest absolute Gasteiger partial charge is 0.466 e. The van der Waals surface area contributed by atoms with Crippen LogP contribution in [0.1, 0.15) is 30.0 Å². The van der Waals surface area contributed by atoms with Gasteiger partial charge in [-0.1, -0.05) is 54.6 Å². The molecule has 0 heterocycles. The van der Waals surface area contributed by atoms with E-state index >= 15 is 0 Å². The molecule has 2 aromatic rings. The van der Waals surface area contributed by atoms with Crippen LogP contribution < -0.4 is 5.32 Å². The molecule has 136 valence electrons. The molecule has 2 N–H and O–H groups in total. The summed E-state index contributed by atoms with van der Waals surface area (Å²) in [6.07, 6.45) is 0.207. The van der Waals surface area contributed by atoms with Gasteiger partial charge in [0.2, 0.25) is 0 Å². The highest BCUT2D eigenvalue weighted by Gasteiger charge is 2.09. The van der Waals surface area contributed by atoms with Crippen LogP contribution in [-0.4, -0.2) is 24.5 Å². The number of hydrogen-bond donors (Lipinski definition) is 2. The molecule has 26 heavy (non-hydrogen) atoms. The quantitative estimate of drug-likeness (QED) is 0.453. The fraction of sp³-hybridized carbons (Fsp3) is 0.250. The number of nitrogens with one attached hydrogen (secondary N) is 2. The first-order valence-electron chi connectivity index (χ1n) is 8.39. The van der Waals surface area contributed by atoms with Gasteiger partial charge in [-0.25, -0.2) is 4.79 Å². The fourth-order valence-electron chi connectivity index (χ4n) is 2.25. The highest BCUT2D eigenvalue weighted by molar-refractivity contribution is 6.04. The highest BCUT2D eigenvalue weighted by Crippen LogP contribution is 2.08. The topological polar surface area (TPSA) is 88.5 Å². The lowest BCUT2D eigenvalue weighted by Gasteiger charge is -2.09. The average Bonchev–Trinajstić information content (AvgIpc) is 2.66. The third-order valence-corrected chi connectivity index (χ3v) is 3.61. The minimum absolute atomic E-state index is 0.0417. The maximum atomic E-state index is 11.8. The maximum absolute atomic E-state index is 11.8. The summed E-state index contributed by atoms with van der Waals surface area (Å²) >= 11 is 0. The van der Waals surface area contributed by atoms with Crippen LogP contribution in [0.4, 0.5) is 4.79 Å². The Labute approximate surface area is 152 Å². The zero-order chi connectivity index (χ0) is 18.8. The smallest absolute Gasteiger partial charge is 0.413 e. The number of amidine groups is 1. The van der Waals surface area contributed by atoms with Crippen molar-refractivity contribution in [2.75, 3.05) is 6.61 Å². The van der Waals surface area contributed by atoms with Gasteiger partial charge in [0.25, 0.3) is 0 Å². The van der Waals surface area contributed by atoms with E-state index in [-0.39, 0.29) is 18.4 Å². The number of alkyl carbamates (subject to hydrolysis) is 1. The second kappa shape index (κ2) is 9.98. The van der Waals surface area contributed by atoms with E-state index in [1.165, 1.54) is 0 Å². The molecule has 0 spiro atoms. The van der Waals surface area contributed by atoms with Gasteiger partial charge in [0.05, 0.1) is 6.61 Å².